The summed E-state index contributed by atoms with van der Waals surface area (Å²) in [4.78, 5) is 0. The van der Waals surface area contributed by atoms with Crippen LogP contribution in [-0.2, 0) is 4.52 Å². The molecule has 0 bridgehead atoms. The summed E-state index contributed by atoms with van der Waals surface area (Å²) in [5, 5.41) is 5.16. The Balaban J connectivity index is 2.43. The molecule has 4 aromatic rings. The van der Waals surface area contributed by atoms with Gasteiger partial charge in [0.1, 0.15) is 0 Å². The molecular formula is C30H33OP. The van der Waals surface area contributed by atoms with Gasteiger partial charge in [-0.05, 0) is 0 Å². The monoisotopic (exact) mass is 440 g/mol. The van der Waals surface area contributed by atoms with E-state index in [2.05, 4.69) is 132 Å². The van der Waals surface area contributed by atoms with Gasteiger partial charge in [0.25, 0.3) is 0 Å². The maximum absolute atomic E-state index is 7.42. The molecule has 0 N–H and O–H groups in total. The van der Waals surface area contributed by atoms with Gasteiger partial charge in [0.2, 0.25) is 0 Å². The van der Waals surface area contributed by atoms with Crippen LogP contribution in [0.25, 0.3) is 0 Å². The van der Waals surface area contributed by atoms with E-state index in [1.54, 1.807) is 0 Å². The quantitative estimate of drug-likeness (QED) is 0.333. The average Bonchev–Trinajstić information content (AvgIpc) is 2.80. The van der Waals surface area contributed by atoms with Crippen molar-refractivity contribution in [1.29, 1.82) is 0 Å². The van der Waals surface area contributed by atoms with E-state index in [0.717, 1.165) is 0 Å². The van der Waals surface area contributed by atoms with Crippen LogP contribution < -0.4 is 21.2 Å². The SMILES string of the molecule is CCOP(c1ccccc1C)(c1ccccc1C)(c1ccccc1C)c1ccccc1C. The van der Waals surface area contributed by atoms with Gasteiger partial charge in [0, 0.05) is 0 Å². The van der Waals surface area contributed by atoms with E-state index in [1.807, 2.05) is 0 Å². The first-order chi connectivity index (χ1) is 15.5. The van der Waals surface area contributed by atoms with Gasteiger partial charge >= 0.3 is 193 Å². The number of hydrogen-bond donors (Lipinski definition) is 0. The Hall–Kier alpha value is -2.73. The molecule has 0 amide bonds. The molecule has 0 saturated heterocycles. The molecule has 0 radical (unpaired) electrons. The van der Waals surface area contributed by atoms with E-state index in [9.17, 15) is 0 Å². The maximum atomic E-state index is 7.42. The van der Waals surface area contributed by atoms with Crippen molar-refractivity contribution in [3.05, 3.63) is 119 Å². The molecule has 2 heteroatoms. The average molecular weight is 441 g/mol. The Bertz CT molecular complexity index is 1060. The molecule has 4 aromatic carbocycles. The van der Waals surface area contributed by atoms with Crippen molar-refractivity contribution in [2.24, 2.45) is 0 Å². The van der Waals surface area contributed by atoms with Crippen LogP contribution in [0.4, 0.5) is 0 Å². The summed E-state index contributed by atoms with van der Waals surface area (Å²) in [6.07, 6.45) is 0. The fourth-order valence-electron chi connectivity index (χ4n) is 5.48. The first kappa shape index (κ1) is 22.5. The van der Waals surface area contributed by atoms with Crippen molar-refractivity contribution in [1.82, 2.24) is 0 Å². The minimum absolute atomic E-state index is 0.614. The summed E-state index contributed by atoms with van der Waals surface area (Å²) in [6, 6.07) is 35.3. The van der Waals surface area contributed by atoms with Crippen molar-refractivity contribution in [3.8, 4) is 0 Å². The Morgan fingerprint density at radius 1 is 0.469 bits per heavy atom. The van der Waals surface area contributed by atoms with Crippen LogP contribution in [0.3, 0.4) is 0 Å². The van der Waals surface area contributed by atoms with Crippen LogP contribution >= 0.6 is 6.83 Å². The van der Waals surface area contributed by atoms with Crippen molar-refractivity contribution >= 4 is 28.0 Å². The van der Waals surface area contributed by atoms with Gasteiger partial charge in [0.05, 0.1) is 0 Å². The summed E-state index contributed by atoms with van der Waals surface area (Å²) in [6.45, 7) is 8.09. The van der Waals surface area contributed by atoms with E-state index >= 15 is 0 Å². The molecule has 0 aliphatic heterocycles. The normalized spacial score (nSPS) is 12.8. The molecule has 0 spiro atoms. The molecule has 32 heavy (non-hydrogen) atoms. The van der Waals surface area contributed by atoms with Crippen LogP contribution in [-0.4, -0.2) is 6.61 Å². The van der Waals surface area contributed by atoms with Gasteiger partial charge < -0.3 is 0 Å². The predicted molar refractivity (Wildman–Crippen MR) is 142 cm³/mol. The zero-order valence-electron chi connectivity index (χ0n) is 19.8. The molecule has 0 aromatic heterocycles. The second-order valence-corrected chi connectivity index (χ2v) is 12.9. The summed E-state index contributed by atoms with van der Waals surface area (Å²) >= 11 is 0. The van der Waals surface area contributed by atoms with Crippen LogP contribution in [0.15, 0.2) is 97.1 Å². The summed E-state index contributed by atoms with van der Waals surface area (Å²) in [7, 11) is 0. The number of benzene rings is 4. The van der Waals surface area contributed by atoms with Crippen molar-refractivity contribution in [2.45, 2.75) is 34.6 Å². The number of rotatable bonds is 6. The van der Waals surface area contributed by atoms with Crippen LogP contribution in [0.1, 0.15) is 29.2 Å². The Kier molecular flexibility index (Phi) is 6.08. The molecule has 0 aliphatic carbocycles. The van der Waals surface area contributed by atoms with E-state index in [1.165, 1.54) is 43.5 Å². The van der Waals surface area contributed by atoms with Crippen LogP contribution in [0.2, 0.25) is 0 Å². The molecule has 0 fully saturated rings. The topological polar surface area (TPSA) is 9.23 Å². The Morgan fingerprint density at radius 3 is 0.938 bits per heavy atom. The van der Waals surface area contributed by atoms with Crippen molar-refractivity contribution in [2.75, 3.05) is 6.61 Å². The van der Waals surface area contributed by atoms with Gasteiger partial charge in [-0.15, -0.1) is 0 Å². The van der Waals surface area contributed by atoms with Gasteiger partial charge in [-0.2, -0.15) is 0 Å². The summed E-state index contributed by atoms with van der Waals surface area (Å²) in [5.41, 5.74) is 5.03. The first-order valence-electron chi connectivity index (χ1n) is 11.4. The summed E-state index contributed by atoms with van der Waals surface area (Å²) in [5.74, 6) is 0. The third-order valence-electron chi connectivity index (χ3n) is 6.69. The molecule has 164 valence electrons. The molecule has 0 heterocycles. The molecular weight excluding hydrogens is 407 g/mol. The third-order valence-corrected chi connectivity index (χ3v) is 13.1. The molecule has 0 aliphatic rings. The fourth-order valence-corrected chi connectivity index (χ4v) is 12.6. The zero-order valence-corrected chi connectivity index (χ0v) is 20.7. The molecule has 0 saturated carbocycles. The second-order valence-electron chi connectivity index (χ2n) is 8.60. The fraction of sp³-hybridized carbons (Fsp3) is 0.200. The van der Waals surface area contributed by atoms with E-state index < -0.39 is 6.83 Å². The van der Waals surface area contributed by atoms with Crippen LogP contribution in [0.5, 0.6) is 0 Å². The second kappa shape index (κ2) is 8.66. The van der Waals surface area contributed by atoms with E-state index in [4.69, 9.17) is 4.52 Å². The van der Waals surface area contributed by atoms with Gasteiger partial charge in [-0.3, -0.25) is 0 Å². The molecule has 4 rings (SSSR count). The summed E-state index contributed by atoms with van der Waals surface area (Å²) < 4.78 is 7.42. The van der Waals surface area contributed by atoms with E-state index in [0.29, 0.717) is 6.61 Å². The van der Waals surface area contributed by atoms with Crippen molar-refractivity contribution in [3.63, 3.8) is 0 Å². The van der Waals surface area contributed by atoms with E-state index in [-0.39, 0.29) is 0 Å². The van der Waals surface area contributed by atoms with Gasteiger partial charge in [-0.1, -0.05) is 0 Å². The standard InChI is InChI=1S/C30H33OP/c1-6-31-32(27-19-11-7-15-23(27)2,28-20-12-8-16-24(28)3,29-21-13-9-17-25(29)4)30-22-14-10-18-26(30)5/h7-22H,6H2,1-5H3. The predicted octanol–water partition coefficient (Wildman–Crippen LogP) is 6.03. The molecule has 1 nitrogen and oxygen atoms in total. The first-order valence-corrected chi connectivity index (χ1v) is 13.5. The van der Waals surface area contributed by atoms with Crippen molar-refractivity contribution < 1.29 is 4.52 Å². The number of hydrogen-bond acceptors (Lipinski definition) is 1. The number of aryl methyl sites for hydroxylation is 4. The minimum atomic E-state index is -3.56. The Labute approximate surface area is 193 Å². The van der Waals surface area contributed by atoms with Gasteiger partial charge in [0.15, 0.2) is 0 Å². The molecule has 0 atom stereocenters. The third kappa shape index (κ3) is 3.07. The van der Waals surface area contributed by atoms with Crippen LogP contribution in [0, 0.1) is 27.7 Å². The zero-order chi connectivity index (χ0) is 22.8. The Morgan fingerprint density at radius 2 is 0.719 bits per heavy atom. The van der Waals surface area contributed by atoms with Gasteiger partial charge in [-0.25, -0.2) is 0 Å². The molecule has 0 unspecified atom stereocenters.